The highest BCUT2D eigenvalue weighted by Gasteiger charge is 2.16. The topological polar surface area (TPSA) is 78.1 Å². The molecule has 0 fully saturated rings. The highest BCUT2D eigenvalue weighted by molar-refractivity contribution is 5.38. The maximum atomic E-state index is 10.9. The molecule has 0 aliphatic rings. The first-order chi connectivity index (χ1) is 7.72. The van der Waals surface area contributed by atoms with Gasteiger partial charge in [-0.2, -0.15) is 0 Å². The van der Waals surface area contributed by atoms with E-state index >= 15 is 0 Å². The van der Waals surface area contributed by atoms with E-state index in [0.29, 0.717) is 17.0 Å². The smallest absolute Gasteiger partial charge is 0.323 e. The monoisotopic (exact) mass is 220 g/mol. The summed E-state index contributed by atoms with van der Waals surface area (Å²) in [6.07, 6.45) is 0.537. The SMILES string of the molecule is COc1ccccc1C(O)c1c[nH]c(=O)[nH]1. The summed E-state index contributed by atoms with van der Waals surface area (Å²) in [6, 6.07) is 7.11. The van der Waals surface area contributed by atoms with Gasteiger partial charge in [0.05, 0.1) is 12.8 Å². The summed E-state index contributed by atoms with van der Waals surface area (Å²) in [7, 11) is 1.53. The van der Waals surface area contributed by atoms with E-state index in [1.54, 1.807) is 18.2 Å². The van der Waals surface area contributed by atoms with Crippen LogP contribution in [-0.4, -0.2) is 22.2 Å². The lowest BCUT2D eigenvalue weighted by atomic mass is 10.1. The van der Waals surface area contributed by atoms with Crippen LogP contribution >= 0.6 is 0 Å². The standard InChI is InChI=1S/C11H12N2O3/c1-16-9-5-3-2-4-7(9)10(14)8-6-12-11(15)13-8/h2-6,10,14H,1H3,(H2,12,13,15). The maximum absolute atomic E-state index is 10.9. The molecule has 5 heteroatoms. The third-order valence-electron chi connectivity index (χ3n) is 2.34. The average molecular weight is 220 g/mol. The van der Waals surface area contributed by atoms with E-state index in [9.17, 15) is 9.90 Å². The summed E-state index contributed by atoms with van der Waals surface area (Å²) in [5.41, 5.74) is 0.679. The normalized spacial score (nSPS) is 12.4. The molecule has 0 saturated heterocycles. The van der Waals surface area contributed by atoms with Gasteiger partial charge in [0.1, 0.15) is 11.9 Å². The second-order valence-corrected chi connectivity index (χ2v) is 3.34. The lowest BCUT2D eigenvalue weighted by molar-refractivity contribution is 0.210. The molecule has 1 atom stereocenters. The Hall–Kier alpha value is -2.01. The molecule has 0 radical (unpaired) electrons. The van der Waals surface area contributed by atoms with Gasteiger partial charge in [0.25, 0.3) is 0 Å². The van der Waals surface area contributed by atoms with Crippen LogP contribution in [0.25, 0.3) is 0 Å². The Morgan fingerprint density at radius 1 is 1.38 bits per heavy atom. The molecule has 0 amide bonds. The minimum atomic E-state index is -0.907. The fourth-order valence-corrected chi connectivity index (χ4v) is 1.55. The number of aliphatic hydroxyl groups is 1. The van der Waals surface area contributed by atoms with Crippen molar-refractivity contribution >= 4 is 0 Å². The first-order valence-corrected chi connectivity index (χ1v) is 4.81. The van der Waals surface area contributed by atoms with Gasteiger partial charge in [0, 0.05) is 11.8 Å². The van der Waals surface area contributed by atoms with Crippen molar-refractivity contribution in [3.8, 4) is 5.75 Å². The molecule has 16 heavy (non-hydrogen) atoms. The summed E-state index contributed by atoms with van der Waals surface area (Å²) >= 11 is 0. The number of para-hydroxylation sites is 1. The Balaban J connectivity index is 2.40. The molecule has 5 nitrogen and oxygen atoms in total. The predicted molar refractivity (Wildman–Crippen MR) is 58.5 cm³/mol. The van der Waals surface area contributed by atoms with E-state index in [1.165, 1.54) is 13.3 Å². The number of imidazole rings is 1. The van der Waals surface area contributed by atoms with Crippen LogP contribution in [0.3, 0.4) is 0 Å². The number of aromatic amines is 2. The van der Waals surface area contributed by atoms with Crippen LogP contribution in [0.4, 0.5) is 0 Å². The number of aliphatic hydroxyl groups excluding tert-OH is 1. The minimum Gasteiger partial charge on any atom is -0.496 e. The lowest BCUT2D eigenvalue weighted by Crippen LogP contribution is -2.06. The molecule has 84 valence electrons. The van der Waals surface area contributed by atoms with E-state index < -0.39 is 6.10 Å². The quantitative estimate of drug-likeness (QED) is 0.715. The minimum absolute atomic E-state index is 0.344. The third-order valence-corrected chi connectivity index (χ3v) is 2.34. The van der Waals surface area contributed by atoms with Crippen LogP contribution in [0, 0.1) is 0 Å². The van der Waals surface area contributed by atoms with Gasteiger partial charge >= 0.3 is 5.69 Å². The zero-order chi connectivity index (χ0) is 11.5. The molecule has 0 spiro atoms. The van der Waals surface area contributed by atoms with Gasteiger partial charge in [0.2, 0.25) is 0 Å². The van der Waals surface area contributed by atoms with Crippen molar-refractivity contribution in [1.29, 1.82) is 0 Å². The van der Waals surface area contributed by atoms with Gasteiger partial charge in [-0.25, -0.2) is 4.79 Å². The van der Waals surface area contributed by atoms with Crippen molar-refractivity contribution in [2.24, 2.45) is 0 Å². The summed E-state index contributed by atoms with van der Waals surface area (Å²) < 4.78 is 5.13. The molecule has 1 unspecified atom stereocenters. The number of ether oxygens (including phenoxy) is 1. The highest BCUT2D eigenvalue weighted by atomic mass is 16.5. The molecule has 1 heterocycles. The number of hydrogen-bond acceptors (Lipinski definition) is 3. The van der Waals surface area contributed by atoms with Crippen LogP contribution in [-0.2, 0) is 0 Å². The number of nitrogens with one attached hydrogen (secondary N) is 2. The van der Waals surface area contributed by atoms with Gasteiger partial charge in [-0.3, -0.25) is 0 Å². The summed E-state index contributed by atoms with van der Waals surface area (Å²) in [4.78, 5) is 15.9. The van der Waals surface area contributed by atoms with Gasteiger partial charge in [-0.05, 0) is 6.07 Å². The molecule has 3 N–H and O–H groups in total. The van der Waals surface area contributed by atoms with E-state index in [-0.39, 0.29) is 5.69 Å². The maximum Gasteiger partial charge on any atom is 0.323 e. The van der Waals surface area contributed by atoms with Gasteiger partial charge < -0.3 is 19.8 Å². The van der Waals surface area contributed by atoms with E-state index in [4.69, 9.17) is 4.74 Å². The molecular formula is C11H12N2O3. The molecule has 0 aliphatic carbocycles. The Morgan fingerprint density at radius 3 is 2.75 bits per heavy atom. The molecule has 2 aromatic rings. The Morgan fingerprint density at radius 2 is 2.12 bits per heavy atom. The number of methoxy groups -OCH3 is 1. The van der Waals surface area contributed by atoms with Crippen LogP contribution in [0.2, 0.25) is 0 Å². The zero-order valence-electron chi connectivity index (χ0n) is 8.73. The number of aromatic nitrogens is 2. The Kier molecular flexibility index (Phi) is 2.78. The predicted octanol–water partition coefficient (Wildman–Crippen LogP) is 0.793. The van der Waals surface area contributed by atoms with Crippen molar-refractivity contribution in [2.45, 2.75) is 6.10 Å². The molecule has 1 aromatic carbocycles. The number of H-pyrrole nitrogens is 2. The molecule has 0 aliphatic heterocycles. The average Bonchev–Trinajstić information content (AvgIpc) is 2.75. The summed E-state index contributed by atoms with van der Waals surface area (Å²) in [5.74, 6) is 0.581. The van der Waals surface area contributed by atoms with Gasteiger partial charge in [-0.1, -0.05) is 18.2 Å². The van der Waals surface area contributed by atoms with E-state index in [0.717, 1.165) is 0 Å². The first kappa shape index (κ1) is 10.5. The van der Waals surface area contributed by atoms with Crippen LogP contribution in [0.15, 0.2) is 35.3 Å². The van der Waals surface area contributed by atoms with Crippen LogP contribution < -0.4 is 10.4 Å². The van der Waals surface area contributed by atoms with E-state index in [1.807, 2.05) is 6.07 Å². The van der Waals surface area contributed by atoms with Crippen molar-refractivity contribution < 1.29 is 9.84 Å². The van der Waals surface area contributed by atoms with E-state index in [2.05, 4.69) is 9.97 Å². The summed E-state index contributed by atoms with van der Waals surface area (Å²) in [6.45, 7) is 0. The van der Waals surface area contributed by atoms with Crippen molar-refractivity contribution in [1.82, 2.24) is 9.97 Å². The fourth-order valence-electron chi connectivity index (χ4n) is 1.55. The van der Waals surface area contributed by atoms with Crippen LogP contribution in [0.1, 0.15) is 17.4 Å². The second-order valence-electron chi connectivity index (χ2n) is 3.34. The zero-order valence-corrected chi connectivity index (χ0v) is 8.73. The molecule has 2 rings (SSSR count). The lowest BCUT2D eigenvalue weighted by Gasteiger charge is -2.12. The fraction of sp³-hybridized carbons (Fsp3) is 0.182. The highest BCUT2D eigenvalue weighted by Crippen LogP contribution is 2.27. The molecular weight excluding hydrogens is 208 g/mol. The molecule has 0 bridgehead atoms. The largest absolute Gasteiger partial charge is 0.496 e. The number of hydrogen-bond donors (Lipinski definition) is 3. The van der Waals surface area contributed by atoms with Crippen molar-refractivity contribution in [3.63, 3.8) is 0 Å². The number of rotatable bonds is 3. The number of benzene rings is 1. The van der Waals surface area contributed by atoms with Gasteiger partial charge in [0.15, 0.2) is 0 Å². The van der Waals surface area contributed by atoms with Gasteiger partial charge in [-0.15, -0.1) is 0 Å². The van der Waals surface area contributed by atoms with Crippen molar-refractivity contribution in [2.75, 3.05) is 7.11 Å². The first-order valence-electron chi connectivity index (χ1n) is 4.81. The summed E-state index contributed by atoms with van der Waals surface area (Å²) in [5, 5.41) is 10.0. The van der Waals surface area contributed by atoms with Crippen LogP contribution in [0.5, 0.6) is 5.75 Å². The Labute approximate surface area is 91.7 Å². The third kappa shape index (κ3) is 1.85. The molecule has 0 saturated carbocycles. The van der Waals surface area contributed by atoms with Crippen molar-refractivity contribution in [3.05, 3.63) is 52.2 Å². The second kappa shape index (κ2) is 4.24. The molecule has 1 aromatic heterocycles. The Bertz CT molecular complexity index is 530.